The molecule has 0 aliphatic rings. The van der Waals surface area contributed by atoms with Crippen molar-refractivity contribution in [2.24, 2.45) is 0 Å². The van der Waals surface area contributed by atoms with E-state index < -0.39 is 0 Å². The summed E-state index contributed by atoms with van der Waals surface area (Å²) in [6.07, 6.45) is 0. The summed E-state index contributed by atoms with van der Waals surface area (Å²) in [5.74, 6) is 0.739. The Labute approximate surface area is 384 Å². The summed E-state index contributed by atoms with van der Waals surface area (Å²) in [7, 11) is 0. The number of nitrogens with zero attached hydrogens (tertiary/aromatic N) is 4. The fraction of sp³-hybridized carbons (Fsp3) is 0.0645. The van der Waals surface area contributed by atoms with Crippen LogP contribution in [0.25, 0.3) is 111 Å². The van der Waals surface area contributed by atoms with E-state index in [0.717, 1.165) is 50.8 Å². The monoisotopic (exact) mass is 846 g/mol. The van der Waals surface area contributed by atoms with Crippen molar-refractivity contribution >= 4 is 43.6 Å². The number of hydrogen-bond acceptors (Lipinski definition) is 2. The average molecular weight is 847 g/mol. The maximum atomic E-state index is 5.14. The van der Waals surface area contributed by atoms with Gasteiger partial charge in [0.1, 0.15) is 0 Å². The lowest BCUT2D eigenvalue weighted by atomic mass is 9.91. The van der Waals surface area contributed by atoms with E-state index in [1.165, 1.54) is 82.6 Å². The SMILES string of the molecule is Cc1ccccc1-c1cc(-c2ccc(-c3c(C)cc(-c4ccc(-n5c6ccccc6c6cc(-n7c8ccccc8c8ccccc87)ccc65)cc4)cc3C)cc2)nc(-c2ccccc2C)n1. The first-order valence-corrected chi connectivity index (χ1v) is 22.7. The first-order valence-electron chi connectivity index (χ1n) is 22.7. The third-order valence-corrected chi connectivity index (χ3v) is 13.5. The van der Waals surface area contributed by atoms with Crippen LogP contribution in [0.3, 0.4) is 0 Å². The number of hydrogen-bond donors (Lipinski definition) is 0. The first-order chi connectivity index (χ1) is 32.4. The molecule has 0 bridgehead atoms. The van der Waals surface area contributed by atoms with Crippen LogP contribution >= 0.6 is 0 Å². The van der Waals surface area contributed by atoms with Crippen LogP contribution in [-0.4, -0.2) is 19.1 Å². The number of benzene rings is 9. The third-order valence-electron chi connectivity index (χ3n) is 13.5. The smallest absolute Gasteiger partial charge is 0.160 e. The van der Waals surface area contributed by atoms with Crippen molar-refractivity contribution in [2.75, 3.05) is 0 Å². The topological polar surface area (TPSA) is 35.6 Å². The predicted octanol–water partition coefficient (Wildman–Crippen LogP) is 16.2. The maximum Gasteiger partial charge on any atom is 0.160 e. The number of aromatic nitrogens is 4. The van der Waals surface area contributed by atoms with E-state index in [9.17, 15) is 0 Å². The van der Waals surface area contributed by atoms with Crippen LogP contribution in [0.4, 0.5) is 0 Å². The highest BCUT2D eigenvalue weighted by Gasteiger charge is 2.18. The molecule has 0 radical (unpaired) electrons. The number of fused-ring (bicyclic) bond motifs is 6. The standard InChI is InChI=1S/C62H46N4/c1-39-15-5-7-17-49(39)56-38-55(63-62(64-56)50-18-8-6-16-40(50)2)44-25-27-45(28-26-44)61-41(3)35-46(36-42(61)4)43-29-31-47(32-30-43)65-59-24-14-11-21-53(59)54-37-48(33-34-60(54)65)66-57-22-12-9-19-51(57)52-20-10-13-23-58(52)66/h5-38H,1-4H3. The molecule has 0 atom stereocenters. The Morgan fingerprint density at radius 2 is 0.758 bits per heavy atom. The summed E-state index contributed by atoms with van der Waals surface area (Å²) in [5, 5.41) is 5.01. The zero-order valence-corrected chi connectivity index (χ0v) is 37.4. The Kier molecular flexibility index (Phi) is 9.35. The van der Waals surface area contributed by atoms with Crippen molar-refractivity contribution in [3.05, 3.63) is 229 Å². The Balaban J connectivity index is 0.867. The highest BCUT2D eigenvalue weighted by molar-refractivity contribution is 6.12. The van der Waals surface area contributed by atoms with Crippen LogP contribution in [0.2, 0.25) is 0 Å². The van der Waals surface area contributed by atoms with Gasteiger partial charge < -0.3 is 9.13 Å². The third kappa shape index (κ3) is 6.52. The largest absolute Gasteiger partial charge is 0.309 e. The van der Waals surface area contributed by atoms with Gasteiger partial charge in [0.2, 0.25) is 0 Å². The Morgan fingerprint density at radius 3 is 1.36 bits per heavy atom. The molecule has 0 N–H and O–H groups in total. The zero-order valence-electron chi connectivity index (χ0n) is 37.4. The summed E-state index contributed by atoms with van der Waals surface area (Å²) >= 11 is 0. The minimum absolute atomic E-state index is 0.739. The van der Waals surface area contributed by atoms with Gasteiger partial charge in [-0.2, -0.15) is 0 Å². The molecule has 3 heterocycles. The van der Waals surface area contributed by atoms with E-state index in [1.807, 2.05) is 0 Å². The van der Waals surface area contributed by atoms with Gasteiger partial charge in [0.25, 0.3) is 0 Å². The minimum Gasteiger partial charge on any atom is -0.309 e. The molecular formula is C62H46N4. The maximum absolute atomic E-state index is 5.14. The van der Waals surface area contributed by atoms with E-state index in [0.29, 0.717) is 0 Å². The van der Waals surface area contributed by atoms with Crippen LogP contribution in [-0.2, 0) is 0 Å². The molecule has 0 fully saturated rings. The van der Waals surface area contributed by atoms with Crippen LogP contribution in [0.15, 0.2) is 206 Å². The molecule has 4 heteroatoms. The van der Waals surface area contributed by atoms with Gasteiger partial charge in [0.05, 0.1) is 33.5 Å². The molecule has 0 saturated heterocycles. The Morgan fingerprint density at radius 1 is 0.303 bits per heavy atom. The van der Waals surface area contributed by atoms with Gasteiger partial charge in [-0.1, -0.05) is 152 Å². The molecule has 9 aromatic carbocycles. The zero-order chi connectivity index (χ0) is 44.5. The minimum atomic E-state index is 0.739. The summed E-state index contributed by atoms with van der Waals surface area (Å²) < 4.78 is 4.81. The lowest BCUT2D eigenvalue weighted by Crippen LogP contribution is -1.98. The normalized spacial score (nSPS) is 11.6. The molecule has 12 rings (SSSR count). The van der Waals surface area contributed by atoms with Gasteiger partial charge in [-0.15, -0.1) is 0 Å². The summed E-state index contributed by atoms with van der Waals surface area (Å²) in [4.78, 5) is 10.2. The highest BCUT2D eigenvalue weighted by Crippen LogP contribution is 2.39. The van der Waals surface area contributed by atoms with E-state index in [1.54, 1.807) is 0 Å². The van der Waals surface area contributed by atoms with Crippen molar-refractivity contribution in [3.63, 3.8) is 0 Å². The van der Waals surface area contributed by atoms with Crippen molar-refractivity contribution in [1.82, 2.24) is 19.1 Å². The van der Waals surface area contributed by atoms with Crippen molar-refractivity contribution in [1.29, 1.82) is 0 Å². The fourth-order valence-corrected chi connectivity index (χ4v) is 10.3. The molecular weight excluding hydrogens is 801 g/mol. The first kappa shape index (κ1) is 39.3. The number of para-hydroxylation sites is 3. The number of rotatable bonds is 7. The van der Waals surface area contributed by atoms with Crippen LogP contribution in [0.5, 0.6) is 0 Å². The predicted molar refractivity (Wildman–Crippen MR) is 277 cm³/mol. The molecule has 66 heavy (non-hydrogen) atoms. The van der Waals surface area contributed by atoms with Crippen molar-refractivity contribution in [3.8, 4) is 67.5 Å². The molecule has 12 aromatic rings. The molecule has 0 saturated carbocycles. The summed E-state index contributed by atoms with van der Waals surface area (Å²) in [6.45, 7) is 8.72. The lowest BCUT2D eigenvalue weighted by molar-refractivity contribution is 1.17. The molecule has 4 nitrogen and oxygen atoms in total. The molecule has 0 aliphatic carbocycles. The van der Waals surface area contributed by atoms with Crippen LogP contribution < -0.4 is 0 Å². The van der Waals surface area contributed by atoms with Gasteiger partial charge >= 0.3 is 0 Å². The van der Waals surface area contributed by atoms with Gasteiger partial charge in [0, 0.05) is 49.6 Å². The Hall–Kier alpha value is -8.34. The molecule has 0 aliphatic heterocycles. The molecule has 0 spiro atoms. The van der Waals surface area contributed by atoms with E-state index in [2.05, 4.69) is 243 Å². The van der Waals surface area contributed by atoms with E-state index in [-0.39, 0.29) is 0 Å². The second-order valence-corrected chi connectivity index (χ2v) is 17.6. The lowest BCUT2D eigenvalue weighted by Gasteiger charge is -2.15. The second-order valence-electron chi connectivity index (χ2n) is 17.6. The number of aryl methyl sites for hydroxylation is 4. The average Bonchev–Trinajstić information content (AvgIpc) is 3.87. The summed E-state index contributed by atoms with van der Waals surface area (Å²) in [6, 6.07) is 74.6. The van der Waals surface area contributed by atoms with Crippen LogP contribution in [0, 0.1) is 27.7 Å². The second kappa shape index (κ2) is 15.7. The van der Waals surface area contributed by atoms with E-state index in [4.69, 9.17) is 9.97 Å². The summed E-state index contributed by atoms with van der Waals surface area (Å²) in [5.41, 5.74) is 21.9. The van der Waals surface area contributed by atoms with E-state index >= 15 is 0 Å². The molecule has 3 aromatic heterocycles. The van der Waals surface area contributed by atoms with Gasteiger partial charge in [0.15, 0.2) is 5.82 Å². The van der Waals surface area contributed by atoms with Gasteiger partial charge in [-0.3, -0.25) is 0 Å². The Bertz CT molecular complexity index is 3710. The molecule has 314 valence electrons. The molecule has 0 amide bonds. The quantitative estimate of drug-likeness (QED) is 0.160. The molecule has 0 unspecified atom stereocenters. The van der Waals surface area contributed by atoms with Crippen LogP contribution in [0.1, 0.15) is 22.3 Å². The van der Waals surface area contributed by atoms with Crippen molar-refractivity contribution < 1.29 is 0 Å². The van der Waals surface area contributed by atoms with Gasteiger partial charge in [-0.05, 0) is 127 Å². The van der Waals surface area contributed by atoms with Crippen molar-refractivity contribution in [2.45, 2.75) is 27.7 Å². The van der Waals surface area contributed by atoms with Gasteiger partial charge in [-0.25, -0.2) is 9.97 Å². The highest BCUT2D eigenvalue weighted by atomic mass is 15.0. The fourth-order valence-electron chi connectivity index (χ4n) is 10.3.